The molecular formula is C6H13O5PS. The van der Waals surface area contributed by atoms with Crippen LogP contribution < -0.4 is 0 Å². The lowest BCUT2D eigenvalue weighted by molar-refractivity contribution is 0.267. The molecule has 1 unspecified atom stereocenters. The highest BCUT2D eigenvalue weighted by Crippen LogP contribution is 2.54. The molecule has 0 bridgehead atoms. The fraction of sp³-hybridized carbons (Fsp3) is 1.00. The third-order valence-electron chi connectivity index (χ3n) is 2.16. The second-order valence-corrected chi connectivity index (χ2v) is 7.73. The Bertz CT molecular complexity index is 314. The second kappa shape index (κ2) is 3.69. The van der Waals surface area contributed by atoms with E-state index in [1.807, 2.05) is 0 Å². The zero-order valence-electron chi connectivity index (χ0n) is 7.60. The minimum absolute atomic E-state index is 0.0778. The Hall–Kier alpha value is 0.100. The van der Waals surface area contributed by atoms with Crippen LogP contribution in [0.5, 0.6) is 0 Å². The van der Waals surface area contributed by atoms with E-state index in [9.17, 15) is 13.0 Å². The van der Waals surface area contributed by atoms with Gasteiger partial charge in [0.25, 0.3) is 0 Å². The summed E-state index contributed by atoms with van der Waals surface area (Å²) in [6, 6.07) is 0. The molecule has 1 saturated heterocycles. The lowest BCUT2D eigenvalue weighted by Gasteiger charge is -2.18. The molecule has 0 saturated carbocycles. The highest BCUT2D eigenvalue weighted by molar-refractivity contribution is 7.92. The van der Waals surface area contributed by atoms with Crippen LogP contribution >= 0.6 is 7.60 Å². The molecule has 1 aliphatic heterocycles. The fourth-order valence-corrected chi connectivity index (χ4v) is 5.74. The molecule has 0 N–H and O–H groups in total. The average molecular weight is 228 g/mol. The van der Waals surface area contributed by atoms with Crippen LogP contribution in [0.25, 0.3) is 0 Å². The maximum absolute atomic E-state index is 11.7. The molecule has 0 aliphatic carbocycles. The van der Waals surface area contributed by atoms with Gasteiger partial charge in [0, 0.05) is 14.2 Å². The summed E-state index contributed by atoms with van der Waals surface area (Å²) in [6.45, 7) is 0. The van der Waals surface area contributed by atoms with Gasteiger partial charge in [-0.05, 0) is 6.42 Å². The molecule has 0 aromatic carbocycles. The largest absolute Gasteiger partial charge is 0.334 e. The first-order chi connectivity index (χ1) is 5.93. The minimum atomic E-state index is -3.19. The van der Waals surface area contributed by atoms with Crippen LogP contribution in [-0.2, 0) is 23.4 Å². The fourth-order valence-electron chi connectivity index (χ4n) is 1.40. The molecule has 5 nitrogen and oxygen atoms in total. The Kier molecular flexibility index (Phi) is 3.17. The third-order valence-corrected chi connectivity index (χ3v) is 6.53. The molecule has 7 heteroatoms. The summed E-state index contributed by atoms with van der Waals surface area (Å²) in [7, 11) is -3.67. The Balaban J connectivity index is 2.81. The molecule has 78 valence electrons. The van der Waals surface area contributed by atoms with Crippen LogP contribution in [0.2, 0.25) is 0 Å². The van der Waals surface area contributed by atoms with Gasteiger partial charge in [0.05, 0.1) is 17.2 Å². The minimum Gasteiger partial charge on any atom is -0.312 e. The first kappa shape index (κ1) is 11.2. The van der Waals surface area contributed by atoms with E-state index in [1.165, 1.54) is 14.2 Å². The van der Waals surface area contributed by atoms with Crippen molar-refractivity contribution < 1.29 is 22.0 Å². The number of hydrogen-bond acceptors (Lipinski definition) is 5. The summed E-state index contributed by atoms with van der Waals surface area (Å²) < 4.78 is 43.4. The van der Waals surface area contributed by atoms with Gasteiger partial charge >= 0.3 is 7.60 Å². The summed E-state index contributed by atoms with van der Waals surface area (Å²) >= 11 is 0. The summed E-state index contributed by atoms with van der Waals surface area (Å²) in [4.78, 5) is 0. The molecule has 0 aromatic rings. The van der Waals surface area contributed by atoms with E-state index in [4.69, 9.17) is 9.05 Å². The van der Waals surface area contributed by atoms with Crippen molar-refractivity contribution >= 4 is 17.4 Å². The van der Waals surface area contributed by atoms with Crippen molar-refractivity contribution in [1.82, 2.24) is 0 Å². The molecule has 1 rings (SSSR count). The predicted molar refractivity (Wildman–Crippen MR) is 48.7 cm³/mol. The van der Waals surface area contributed by atoms with Crippen molar-refractivity contribution in [3.63, 3.8) is 0 Å². The zero-order chi connectivity index (χ0) is 10.1. The van der Waals surface area contributed by atoms with Crippen LogP contribution in [0.4, 0.5) is 0 Å². The maximum atomic E-state index is 11.7. The number of hydrogen-bond donors (Lipinski definition) is 0. The number of rotatable bonds is 3. The van der Waals surface area contributed by atoms with Crippen LogP contribution in [0.3, 0.4) is 0 Å². The molecular weight excluding hydrogens is 215 g/mol. The summed E-state index contributed by atoms with van der Waals surface area (Å²) in [5, 5.41) is 0. The molecule has 0 aromatic heterocycles. The first-order valence-electron chi connectivity index (χ1n) is 3.85. The second-order valence-electron chi connectivity index (χ2n) is 2.96. The summed E-state index contributed by atoms with van der Waals surface area (Å²) in [5.74, 6) is -0.0136. The lowest BCUT2D eigenvalue weighted by Crippen LogP contribution is -2.12. The molecule has 0 amide bonds. The van der Waals surface area contributed by atoms with Crippen LogP contribution in [0, 0.1) is 0 Å². The van der Waals surface area contributed by atoms with Crippen molar-refractivity contribution in [3.8, 4) is 0 Å². The van der Waals surface area contributed by atoms with Gasteiger partial charge < -0.3 is 9.05 Å². The number of sulfone groups is 1. The average Bonchev–Trinajstić information content (AvgIpc) is 2.45. The van der Waals surface area contributed by atoms with E-state index < -0.39 is 23.1 Å². The van der Waals surface area contributed by atoms with Crippen LogP contribution in [-0.4, -0.2) is 39.8 Å². The third kappa shape index (κ3) is 2.31. The molecule has 0 radical (unpaired) electrons. The Morgan fingerprint density at radius 2 is 1.85 bits per heavy atom. The summed E-state index contributed by atoms with van der Waals surface area (Å²) in [6.07, 6.45) is 0.362. The van der Waals surface area contributed by atoms with Crippen molar-refractivity contribution in [2.24, 2.45) is 0 Å². The Morgan fingerprint density at radius 1 is 1.31 bits per heavy atom. The Morgan fingerprint density at radius 3 is 2.15 bits per heavy atom. The molecule has 1 atom stereocenters. The van der Waals surface area contributed by atoms with Crippen molar-refractivity contribution in [2.75, 3.05) is 25.7 Å². The van der Waals surface area contributed by atoms with Gasteiger partial charge in [-0.1, -0.05) is 0 Å². The van der Waals surface area contributed by atoms with E-state index in [0.29, 0.717) is 6.42 Å². The predicted octanol–water partition coefficient (Wildman–Crippen LogP) is 0.659. The quantitative estimate of drug-likeness (QED) is 0.663. The molecule has 0 spiro atoms. The van der Waals surface area contributed by atoms with Crippen LogP contribution in [0.15, 0.2) is 0 Å². The topological polar surface area (TPSA) is 69.7 Å². The van der Waals surface area contributed by atoms with Crippen molar-refractivity contribution in [1.29, 1.82) is 0 Å². The highest BCUT2D eigenvalue weighted by Gasteiger charge is 2.42. The van der Waals surface area contributed by atoms with E-state index in [-0.39, 0.29) is 11.5 Å². The molecule has 1 fully saturated rings. The van der Waals surface area contributed by atoms with Gasteiger partial charge in [-0.3, -0.25) is 4.57 Å². The standard InChI is InChI=1S/C6H13O5PS/c1-10-12(7,11-2)6-3-4-13(8,9)5-6/h6H,3-5H2,1-2H3. The van der Waals surface area contributed by atoms with E-state index in [1.54, 1.807) is 0 Å². The van der Waals surface area contributed by atoms with Crippen LogP contribution in [0.1, 0.15) is 6.42 Å². The van der Waals surface area contributed by atoms with Gasteiger partial charge in [0.15, 0.2) is 9.84 Å². The normalized spacial score (nSPS) is 27.7. The Labute approximate surface area is 77.9 Å². The maximum Gasteiger partial charge on any atom is 0.334 e. The molecule has 13 heavy (non-hydrogen) atoms. The van der Waals surface area contributed by atoms with Crippen molar-refractivity contribution in [2.45, 2.75) is 12.1 Å². The monoisotopic (exact) mass is 228 g/mol. The smallest absolute Gasteiger partial charge is 0.312 e. The van der Waals surface area contributed by atoms with Gasteiger partial charge in [-0.15, -0.1) is 0 Å². The van der Waals surface area contributed by atoms with E-state index >= 15 is 0 Å². The van der Waals surface area contributed by atoms with Gasteiger partial charge in [0.1, 0.15) is 0 Å². The van der Waals surface area contributed by atoms with E-state index in [0.717, 1.165) is 0 Å². The highest BCUT2D eigenvalue weighted by atomic mass is 32.2. The van der Waals surface area contributed by atoms with Gasteiger partial charge in [-0.25, -0.2) is 8.42 Å². The first-order valence-corrected chi connectivity index (χ1v) is 7.28. The molecule has 1 aliphatic rings. The van der Waals surface area contributed by atoms with Gasteiger partial charge in [0.2, 0.25) is 0 Å². The zero-order valence-corrected chi connectivity index (χ0v) is 9.31. The van der Waals surface area contributed by atoms with Gasteiger partial charge in [-0.2, -0.15) is 0 Å². The summed E-state index contributed by atoms with van der Waals surface area (Å²) in [5.41, 5.74) is -0.493. The van der Waals surface area contributed by atoms with E-state index in [2.05, 4.69) is 0 Å². The SMILES string of the molecule is COP(=O)(OC)C1CCS(=O)(=O)C1. The van der Waals surface area contributed by atoms with Crippen molar-refractivity contribution in [3.05, 3.63) is 0 Å². The lowest BCUT2D eigenvalue weighted by atomic mass is 10.4. The molecule has 1 heterocycles.